The molecule has 1 fully saturated rings. The second-order valence-corrected chi connectivity index (χ2v) is 15.0. The molecule has 1 N–H and O–H groups in total. The molecular weight excluding hydrogens is 573 g/mol. The van der Waals surface area contributed by atoms with Gasteiger partial charge < -0.3 is 5.32 Å². The van der Waals surface area contributed by atoms with Gasteiger partial charge in [-0.25, -0.2) is 8.42 Å². The van der Waals surface area contributed by atoms with E-state index in [4.69, 9.17) is 0 Å². The van der Waals surface area contributed by atoms with Gasteiger partial charge in [-0.3, -0.25) is 0 Å². The molecule has 4 aromatic rings. The molecule has 1 aliphatic carbocycles. The summed E-state index contributed by atoms with van der Waals surface area (Å²) in [6.07, 6.45) is 1.64. The minimum atomic E-state index is -9.72. The van der Waals surface area contributed by atoms with Crippen molar-refractivity contribution in [2.24, 2.45) is 0 Å². The molecular formula is C26H28F5N5O2S2. The fourth-order valence-corrected chi connectivity index (χ4v) is 7.33. The Hall–Kier alpha value is -3.26. The number of rotatable bonds is 7. The van der Waals surface area contributed by atoms with Crippen LogP contribution >= 0.6 is 10.2 Å². The molecule has 0 unspecified atom stereocenters. The third-order valence-corrected chi connectivity index (χ3v) is 10.5. The van der Waals surface area contributed by atoms with Crippen LogP contribution in [-0.4, -0.2) is 39.5 Å². The van der Waals surface area contributed by atoms with Gasteiger partial charge in [0.1, 0.15) is 4.90 Å². The largest absolute Gasteiger partial charge is 0.382 e. The topological polar surface area (TPSA) is 89.2 Å². The summed E-state index contributed by atoms with van der Waals surface area (Å²) in [7, 11) is -13.3. The fraction of sp³-hybridized carbons (Fsp3) is 0.346. The normalized spacial score (nSPS) is 20.3. The van der Waals surface area contributed by atoms with E-state index in [1.54, 1.807) is 40.9 Å². The number of fused-ring (bicyclic) bond motifs is 1. The van der Waals surface area contributed by atoms with Crippen molar-refractivity contribution in [2.75, 3.05) is 5.32 Å². The second-order valence-electron chi connectivity index (χ2n) is 10.4. The lowest BCUT2D eigenvalue weighted by Crippen LogP contribution is -2.32. The van der Waals surface area contributed by atoms with E-state index in [0.717, 1.165) is 23.5 Å². The highest BCUT2D eigenvalue weighted by Crippen LogP contribution is 3.02. The molecule has 1 aliphatic rings. The Morgan fingerprint density at radius 3 is 2.05 bits per heavy atom. The Labute approximate surface area is 228 Å². The third kappa shape index (κ3) is 5.78. The predicted molar refractivity (Wildman–Crippen MR) is 145 cm³/mol. The number of sulfone groups is 1. The SMILES string of the molecule is CC(C)c1nnc2ccc(-c3ccc(S(=O)(=O)C4CCC(Nc5ccc(S(F)(F)(F)(F)F)cc5)CC4)cc3)nn12. The average Bonchev–Trinajstić information content (AvgIpc) is 3.32. The van der Waals surface area contributed by atoms with Gasteiger partial charge in [-0.1, -0.05) is 45.4 Å². The van der Waals surface area contributed by atoms with Crippen molar-refractivity contribution in [3.63, 3.8) is 0 Å². The second kappa shape index (κ2) is 9.13. The van der Waals surface area contributed by atoms with Gasteiger partial charge in [0.15, 0.2) is 21.3 Å². The van der Waals surface area contributed by atoms with Gasteiger partial charge in [0.2, 0.25) is 0 Å². The standard InChI is InChI=1S/C26H28F5N5O2S2/c1-17(2)26-34-33-25-16-15-24(35-36(25)26)18-3-9-21(10-4-18)39(37,38)22-11-5-19(6-12-22)32-20-7-13-23(14-8-20)40(27,28,29,30)31/h3-4,7-10,13-17,19,22,32H,5-6,11-12H2,1-2H3. The van der Waals surface area contributed by atoms with Gasteiger partial charge in [-0.15, -0.1) is 10.2 Å². The van der Waals surface area contributed by atoms with Crippen molar-refractivity contribution in [3.05, 3.63) is 66.5 Å². The van der Waals surface area contributed by atoms with Crippen LogP contribution in [0.4, 0.5) is 25.1 Å². The first-order valence-electron chi connectivity index (χ1n) is 12.7. The lowest BCUT2D eigenvalue weighted by atomic mass is 9.95. The maximum Gasteiger partial charge on any atom is 0.310 e. The van der Waals surface area contributed by atoms with E-state index < -0.39 is 30.2 Å². The number of nitrogens with zero attached hydrogens (tertiary/aromatic N) is 4. The summed E-state index contributed by atoms with van der Waals surface area (Å²) in [6, 6.07) is 12.7. The highest BCUT2D eigenvalue weighted by Gasteiger charge is 2.65. The Balaban J connectivity index is 1.24. The predicted octanol–water partition coefficient (Wildman–Crippen LogP) is 7.77. The van der Waals surface area contributed by atoms with Crippen LogP contribution in [0, 0.1) is 0 Å². The summed E-state index contributed by atoms with van der Waals surface area (Å²) in [6.45, 7) is 3.99. The molecule has 40 heavy (non-hydrogen) atoms. The summed E-state index contributed by atoms with van der Waals surface area (Å²) in [5, 5.41) is 15.3. The van der Waals surface area contributed by atoms with Crippen LogP contribution in [0.2, 0.25) is 0 Å². The lowest BCUT2D eigenvalue weighted by Gasteiger charge is -2.40. The van der Waals surface area contributed by atoms with E-state index in [2.05, 4.69) is 20.6 Å². The zero-order valence-corrected chi connectivity index (χ0v) is 23.3. The van der Waals surface area contributed by atoms with Crippen LogP contribution in [0.15, 0.2) is 70.5 Å². The molecule has 0 bridgehead atoms. The summed E-state index contributed by atoms with van der Waals surface area (Å²) >= 11 is 0. The molecule has 5 rings (SSSR count). The first-order valence-corrected chi connectivity index (χ1v) is 16.2. The van der Waals surface area contributed by atoms with Crippen LogP contribution in [0.1, 0.15) is 51.3 Å². The minimum Gasteiger partial charge on any atom is -0.382 e. The molecule has 216 valence electrons. The van der Waals surface area contributed by atoms with Gasteiger partial charge in [-0.2, -0.15) is 9.61 Å². The smallest absolute Gasteiger partial charge is 0.310 e. The van der Waals surface area contributed by atoms with Crippen LogP contribution < -0.4 is 5.32 Å². The molecule has 0 saturated heterocycles. The Kier molecular flexibility index (Phi) is 6.45. The molecule has 0 spiro atoms. The van der Waals surface area contributed by atoms with Crippen molar-refractivity contribution in [1.82, 2.24) is 19.8 Å². The van der Waals surface area contributed by atoms with Crippen LogP contribution in [-0.2, 0) is 9.84 Å². The maximum atomic E-state index is 13.3. The van der Waals surface area contributed by atoms with Gasteiger partial charge in [0.05, 0.1) is 15.8 Å². The lowest BCUT2D eigenvalue weighted by molar-refractivity contribution is 0.364. The number of nitrogens with one attached hydrogen (secondary N) is 1. The van der Waals surface area contributed by atoms with E-state index >= 15 is 0 Å². The number of hydrogen-bond donors (Lipinski definition) is 1. The number of hydrogen-bond acceptors (Lipinski definition) is 6. The molecule has 0 aliphatic heterocycles. The highest BCUT2D eigenvalue weighted by molar-refractivity contribution is 8.45. The van der Waals surface area contributed by atoms with Crippen LogP contribution in [0.25, 0.3) is 16.9 Å². The van der Waals surface area contributed by atoms with Crippen molar-refractivity contribution < 1.29 is 27.8 Å². The summed E-state index contributed by atoms with van der Waals surface area (Å²) in [4.78, 5) is -1.74. The molecule has 0 amide bonds. The molecule has 2 aromatic heterocycles. The number of aromatic nitrogens is 4. The molecule has 1 saturated carbocycles. The summed E-state index contributed by atoms with van der Waals surface area (Å²) in [5.74, 6) is 0.849. The Bertz CT molecular complexity index is 1650. The first-order chi connectivity index (χ1) is 18.5. The van der Waals surface area contributed by atoms with Crippen molar-refractivity contribution in [2.45, 2.75) is 66.5 Å². The quantitative estimate of drug-likeness (QED) is 0.218. The molecule has 14 heteroatoms. The molecule has 7 nitrogen and oxygen atoms in total. The number of halogens is 5. The number of benzene rings is 2. The number of anilines is 1. The van der Waals surface area contributed by atoms with Crippen molar-refractivity contribution in [3.8, 4) is 11.3 Å². The van der Waals surface area contributed by atoms with E-state index in [-0.39, 0.29) is 22.5 Å². The molecule has 2 aromatic carbocycles. The van der Waals surface area contributed by atoms with E-state index in [1.165, 1.54) is 0 Å². The maximum absolute atomic E-state index is 13.3. The molecule has 2 heterocycles. The van der Waals surface area contributed by atoms with Crippen LogP contribution in [0.5, 0.6) is 0 Å². The van der Waals surface area contributed by atoms with E-state index in [0.29, 0.717) is 49.2 Å². The Morgan fingerprint density at radius 1 is 0.850 bits per heavy atom. The zero-order chi connectivity index (χ0) is 29.0. The van der Waals surface area contributed by atoms with Gasteiger partial charge >= 0.3 is 10.2 Å². The van der Waals surface area contributed by atoms with Gasteiger partial charge in [0, 0.05) is 23.2 Å². The van der Waals surface area contributed by atoms with E-state index in [9.17, 15) is 27.8 Å². The average molecular weight is 602 g/mol. The monoisotopic (exact) mass is 601 g/mol. The zero-order valence-electron chi connectivity index (χ0n) is 21.6. The van der Waals surface area contributed by atoms with Gasteiger partial charge in [0.25, 0.3) is 0 Å². The van der Waals surface area contributed by atoms with Crippen molar-refractivity contribution >= 4 is 31.4 Å². The Morgan fingerprint density at radius 2 is 1.48 bits per heavy atom. The minimum absolute atomic E-state index is 0.125. The highest BCUT2D eigenvalue weighted by atomic mass is 32.5. The van der Waals surface area contributed by atoms with Crippen molar-refractivity contribution in [1.29, 1.82) is 0 Å². The van der Waals surface area contributed by atoms with E-state index in [1.807, 2.05) is 13.8 Å². The summed E-state index contributed by atoms with van der Waals surface area (Å²) < 4.78 is 93.0. The summed E-state index contributed by atoms with van der Waals surface area (Å²) in [5.41, 5.74) is 2.29. The molecule has 0 radical (unpaired) electrons. The van der Waals surface area contributed by atoms with Gasteiger partial charge in [-0.05, 0) is 74.2 Å². The third-order valence-electron chi connectivity index (χ3n) is 7.07. The fourth-order valence-electron chi connectivity index (χ4n) is 4.89. The first kappa shape index (κ1) is 28.3. The molecule has 0 atom stereocenters. The van der Waals surface area contributed by atoms with Crippen LogP contribution in [0.3, 0.4) is 0 Å².